The predicted molar refractivity (Wildman–Crippen MR) is 106 cm³/mol. The summed E-state index contributed by atoms with van der Waals surface area (Å²) in [4.78, 5) is 36.8. The molecular weight excluding hydrogens is 362 g/mol. The van der Waals surface area contributed by atoms with Crippen molar-refractivity contribution in [3.8, 4) is 0 Å². The summed E-state index contributed by atoms with van der Waals surface area (Å²) in [6.45, 7) is 3.06. The molecule has 0 aliphatic carbocycles. The third-order valence-electron chi connectivity index (χ3n) is 4.96. The largest absolute Gasteiger partial charge is 0.350 e. The van der Waals surface area contributed by atoms with Crippen LogP contribution in [0.3, 0.4) is 0 Å². The van der Waals surface area contributed by atoms with Crippen molar-refractivity contribution >= 4 is 32.7 Å². The van der Waals surface area contributed by atoms with Gasteiger partial charge in [-0.2, -0.15) is 0 Å². The maximum atomic E-state index is 12.7. The van der Waals surface area contributed by atoms with Gasteiger partial charge >= 0.3 is 0 Å². The number of thiazole rings is 1. The summed E-state index contributed by atoms with van der Waals surface area (Å²) >= 11 is 1.38. The van der Waals surface area contributed by atoms with E-state index in [1.54, 1.807) is 14.0 Å². The first kappa shape index (κ1) is 17.7. The molecule has 1 amide bonds. The number of nitrogens with one attached hydrogen (secondary N) is 1. The minimum atomic E-state index is -0.265. The topological polar surface area (TPSA) is 80.1 Å². The van der Waals surface area contributed by atoms with Crippen LogP contribution in [0, 0.1) is 6.92 Å². The number of nitrogens with zero attached hydrogens (tertiary/aromatic N) is 4. The standard InChI is InChI=1S/C19H21N5O2S/c1-12-21-17-15(18(26)23(12)2)22-19(27-17)24-10-6-9-14(24)16(25)20-11-13-7-4-3-5-8-13/h3-5,7-8,14H,6,9-11H2,1-2H3,(H,20,25)/t14-/m1/s1. The van der Waals surface area contributed by atoms with Crippen molar-refractivity contribution in [1.29, 1.82) is 0 Å². The minimum Gasteiger partial charge on any atom is -0.350 e. The summed E-state index contributed by atoms with van der Waals surface area (Å²) in [7, 11) is 1.69. The van der Waals surface area contributed by atoms with Gasteiger partial charge < -0.3 is 10.2 Å². The number of amides is 1. The van der Waals surface area contributed by atoms with Crippen LogP contribution in [0.4, 0.5) is 5.13 Å². The van der Waals surface area contributed by atoms with Crippen molar-refractivity contribution < 1.29 is 4.79 Å². The quantitative estimate of drug-likeness (QED) is 0.745. The predicted octanol–water partition coefficient (Wildman–Crippen LogP) is 1.98. The molecule has 8 heteroatoms. The van der Waals surface area contributed by atoms with E-state index >= 15 is 0 Å². The fourth-order valence-electron chi connectivity index (χ4n) is 3.34. The van der Waals surface area contributed by atoms with E-state index in [0.717, 1.165) is 24.9 Å². The fraction of sp³-hybridized carbons (Fsp3) is 0.368. The van der Waals surface area contributed by atoms with Crippen LogP contribution in [0.25, 0.3) is 10.3 Å². The Labute approximate surface area is 160 Å². The SMILES string of the molecule is Cc1nc2sc(N3CCC[C@@H]3C(=O)NCc3ccccc3)nc2c(=O)n1C. The zero-order chi connectivity index (χ0) is 19.0. The molecule has 0 radical (unpaired) electrons. The van der Waals surface area contributed by atoms with Crippen LogP contribution >= 0.6 is 11.3 Å². The molecule has 1 atom stereocenters. The monoisotopic (exact) mass is 383 g/mol. The molecule has 1 aromatic carbocycles. The molecule has 3 heterocycles. The summed E-state index contributed by atoms with van der Waals surface area (Å²) < 4.78 is 1.50. The molecule has 3 aromatic rings. The van der Waals surface area contributed by atoms with Gasteiger partial charge in [-0.05, 0) is 25.3 Å². The molecule has 27 heavy (non-hydrogen) atoms. The van der Waals surface area contributed by atoms with E-state index < -0.39 is 0 Å². The second-order valence-electron chi connectivity index (χ2n) is 6.73. The zero-order valence-corrected chi connectivity index (χ0v) is 16.1. The Morgan fingerprint density at radius 1 is 1.30 bits per heavy atom. The van der Waals surface area contributed by atoms with Crippen LogP contribution in [0.2, 0.25) is 0 Å². The highest BCUT2D eigenvalue weighted by molar-refractivity contribution is 7.21. The fourth-order valence-corrected chi connectivity index (χ4v) is 4.39. The Balaban J connectivity index is 1.56. The maximum Gasteiger partial charge on any atom is 0.280 e. The molecule has 4 rings (SSSR count). The smallest absolute Gasteiger partial charge is 0.280 e. The van der Waals surface area contributed by atoms with Crippen LogP contribution in [0.1, 0.15) is 24.2 Å². The second kappa shape index (κ2) is 7.11. The van der Waals surface area contributed by atoms with Gasteiger partial charge in [0.1, 0.15) is 11.9 Å². The molecule has 2 aromatic heterocycles. The highest BCUT2D eigenvalue weighted by atomic mass is 32.1. The first-order valence-electron chi connectivity index (χ1n) is 8.97. The van der Waals surface area contributed by atoms with Gasteiger partial charge in [0.15, 0.2) is 15.5 Å². The van der Waals surface area contributed by atoms with E-state index in [1.807, 2.05) is 35.2 Å². The van der Waals surface area contributed by atoms with E-state index in [1.165, 1.54) is 15.9 Å². The van der Waals surface area contributed by atoms with Crippen LogP contribution < -0.4 is 15.8 Å². The normalized spacial score (nSPS) is 16.8. The number of aromatic nitrogens is 3. The van der Waals surface area contributed by atoms with Crippen LogP contribution in [0.5, 0.6) is 0 Å². The minimum absolute atomic E-state index is 0.00680. The molecule has 1 saturated heterocycles. The number of fused-ring (bicyclic) bond motifs is 1. The molecule has 0 unspecified atom stereocenters. The third kappa shape index (κ3) is 3.32. The summed E-state index contributed by atoms with van der Waals surface area (Å²) in [5.74, 6) is 0.647. The molecule has 7 nitrogen and oxygen atoms in total. The van der Waals surface area contributed by atoms with E-state index in [2.05, 4.69) is 15.3 Å². The molecule has 1 N–H and O–H groups in total. The third-order valence-corrected chi connectivity index (χ3v) is 5.95. The molecule has 140 valence electrons. The Bertz CT molecular complexity index is 1040. The van der Waals surface area contributed by atoms with Gasteiger partial charge in [-0.25, -0.2) is 9.97 Å². The van der Waals surface area contributed by atoms with Crippen molar-refractivity contribution in [2.45, 2.75) is 32.4 Å². The lowest BCUT2D eigenvalue weighted by Gasteiger charge is -2.23. The first-order chi connectivity index (χ1) is 13.0. The number of carbonyl (C=O) groups is 1. The van der Waals surface area contributed by atoms with E-state index in [0.29, 0.717) is 27.8 Å². The van der Waals surface area contributed by atoms with Gasteiger partial charge in [0.25, 0.3) is 5.56 Å². The summed E-state index contributed by atoms with van der Waals surface area (Å²) in [5.41, 5.74) is 1.29. The average Bonchev–Trinajstić information content (AvgIpc) is 3.32. The Hall–Kier alpha value is -2.74. The second-order valence-corrected chi connectivity index (χ2v) is 7.68. The van der Waals surface area contributed by atoms with Crippen LogP contribution in [-0.2, 0) is 18.4 Å². The van der Waals surface area contributed by atoms with Gasteiger partial charge in [-0.1, -0.05) is 41.7 Å². The summed E-state index contributed by atoms with van der Waals surface area (Å²) in [6.07, 6.45) is 1.70. The summed E-state index contributed by atoms with van der Waals surface area (Å²) in [6, 6.07) is 9.59. The van der Waals surface area contributed by atoms with Crippen molar-refractivity contribution in [3.63, 3.8) is 0 Å². The first-order valence-corrected chi connectivity index (χ1v) is 9.78. The number of hydrogen-bond acceptors (Lipinski definition) is 6. The average molecular weight is 383 g/mol. The highest BCUT2D eigenvalue weighted by Crippen LogP contribution is 2.31. The molecule has 0 spiro atoms. The lowest BCUT2D eigenvalue weighted by Crippen LogP contribution is -2.43. The van der Waals surface area contributed by atoms with Crippen LogP contribution in [0.15, 0.2) is 35.1 Å². The lowest BCUT2D eigenvalue weighted by atomic mass is 10.2. The number of hydrogen-bond donors (Lipinski definition) is 1. The van der Waals surface area contributed by atoms with Gasteiger partial charge in [0, 0.05) is 20.1 Å². The number of rotatable bonds is 4. The molecule has 1 fully saturated rings. The van der Waals surface area contributed by atoms with Crippen molar-refractivity contribution in [2.75, 3.05) is 11.4 Å². The Morgan fingerprint density at radius 2 is 2.07 bits per heavy atom. The molecular formula is C19H21N5O2S. The van der Waals surface area contributed by atoms with Gasteiger partial charge in [0.2, 0.25) is 5.91 Å². The molecule has 0 bridgehead atoms. The molecule has 1 aliphatic rings. The van der Waals surface area contributed by atoms with Crippen molar-refractivity contribution in [2.24, 2.45) is 7.05 Å². The number of anilines is 1. The van der Waals surface area contributed by atoms with Gasteiger partial charge in [-0.3, -0.25) is 14.2 Å². The highest BCUT2D eigenvalue weighted by Gasteiger charge is 2.33. The van der Waals surface area contributed by atoms with Crippen LogP contribution in [-0.4, -0.2) is 33.0 Å². The maximum absolute atomic E-state index is 12.7. The van der Waals surface area contributed by atoms with Gasteiger partial charge in [-0.15, -0.1) is 0 Å². The van der Waals surface area contributed by atoms with E-state index in [-0.39, 0.29) is 17.5 Å². The van der Waals surface area contributed by atoms with E-state index in [4.69, 9.17) is 0 Å². The number of benzene rings is 1. The zero-order valence-electron chi connectivity index (χ0n) is 15.3. The van der Waals surface area contributed by atoms with E-state index in [9.17, 15) is 9.59 Å². The lowest BCUT2D eigenvalue weighted by molar-refractivity contribution is -0.122. The molecule has 0 saturated carbocycles. The molecule has 1 aliphatic heterocycles. The Kier molecular flexibility index (Phi) is 4.65. The summed E-state index contributed by atoms with van der Waals surface area (Å²) in [5, 5.41) is 3.71. The Morgan fingerprint density at radius 3 is 2.85 bits per heavy atom. The number of carbonyl (C=O) groups excluding carboxylic acids is 1. The van der Waals surface area contributed by atoms with Crippen molar-refractivity contribution in [3.05, 3.63) is 52.1 Å². The number of aryl methyl sites for hydroxylation is 1. The van der Waals surface area contributed by atoms with Crippen molar-refractivity contribution in [1.82, 2.24) is 19.9 Å². The van der Waals surface area contributed by atoms with Gasteiger partial charge in [0.05, 0.1) is 0 Å².